The molecule has 0 amide bonds. The number of aromatic nitrogens is 2. The summed E-state index contributed by atoms with van der Waals surface area (Å²) in [6.45, 7) is 4.76. The second-order valence-corrected chi connectivity index (χ2v) is 3.92. The fourth-order valence-electron chi connectivity index (χ4n) is 1.80. The molecule has 0 radical (unpaired) electrons. The quantitative estimate of drug-likeness (QED) is 0.881. The Hall–Kier alpha value is -2.10. The fourth-order valence-corrected chi connectivity index (χ4v) is 1.80. The maximum atomic E-state index is 10.8. The highest BCUT2D eigenvalue weighted by Gasteiger charge is 2.08. The third-order valence-electron chi connectivity index (χ3n) is 2.74. The highest BCUT2D eigenvalue weighted by atomic mass is 16.4. The molecular formula is C13H14N2O2. The first-order valence-electron chi connectivity index (χ1n) is 5.48. The summed E-state index contributed by atoms with van der Waals surface area (Å²) in [6, 6.07) is 5.13. The number of aromatic carboxylic acids is 1. The minimum atomic E-state index is -0.899. The van der Waals surface area contributed by atoms with Gasteiger partial charge < -0.3 is 5.11 Å². The van der Waals surface area contributed by atoms with Crippen LogP contribution in [0.25, 0.3) is 11.1 Å². The van der Waals surface area contributed by atoms with E-state index >= 15 is 0 Å². The predicted octanol–water partition coefficient (Wildman–Crippen LogP) is 2.58. The van der Waals surface area contributed by atoms with Crippen molar-refractivity contribution >= 4 is 5.97 Å². The molecule has 1 N–H and O–H groups in total. The first-order chi connectivity index (χ1) is 8.11. The summed E-state index contributed by atoms with van der Waals surface area (Å²) in [6.07, 6.45) is 3.76. The number of carbonyl (C=O) groups is 1. The lowest BCUT2D eigenvalue weighted by Gasteiger charge is -2.04. The molecule has 17 heavy (non-hydrogen) atoms. The summed E-state index contributed by atoms with van der Waals surface area (Å²) < 4.78 is 1.85. The van der Waals surface area contributed by atoms with Gasteiger partial charge in [0.05, 0.1) is 11.8 Å². The zero-order valence-corrected chi connectivity index (χ0v) is 9.84. The Balaban J connectivity index is 2.42. The van der Waals surface area contributed by atoms with Gasteiger partial charge in [0.15, 0.2) is 0 Å². The van der Waals surface area contributed by atoms with Gasteiger partial charge >= 0.3 is 5.97 Å². The van der Waals surface area contributed by atoms with Gasteiger partial charge in [0.25, 0.3) is 0 Å². The Kier molecular flexibility index (Phi) is 2.95. The Morgan fingerprint density at radius 2 is 2.24 bits per heavy atom. The summed E-state index contributed by atoms with van der Waals surface area (Å²) in [7, 11) is 0. The normalized spacial score (nSPS) is 10.5. The van der Waals surface area contributed by atoms with Crippen molar-refractivity contribution in [2.24, 2.45) is 0 Å². The molecule has 88 valence electrons. The Morgan fingerprint density at radius 1 is 1.47 bits per heavy atom. The van der Waals surface area contributed by atoms with Gasteiger partial charge in [-0.1, -0.05) is 6.07 Å². The van der Waals surface area contributed by atoms with E-state index in [1.807, 2.05) is 30.8 Å². The number of nitrogens with zero attached hydrogens (tertiary/aromatic N) is 2. The second-order valence-electron chi connectivity index (χ2n) is 3.92. The van der Waals surface area contributed by atoms with E-state index in [0.29, 0.717) is 5.56 Å². The average Bonchev–Trinajstić information content (AvgIpc) is 2.77. The minimum Gasteiger partial charge on any atom is -0.478 e. The van der Waals surface area contributed by atoms with Crippen LogP contribution in [-0.2, 0) is 6.54 Å². The Bertz CT molecular complexity index is 558. The summed E-state index contributed by atoms with van der Waals surface area (Å²) in [4.78, 5) is 10.8. The van der Waals surface area contributed by atoms with Crippen molar-refractivity contribution in [1.82, 2.24) is 9.78 Å². The molecule has 1 heterocycles. The molecule has 2 rings (SSSR count). The molecule has 0 spiro atoms. The van der Waals surface area contributed by atoms with E-state index in [2.05, 4.69) is 5.10 Å². The van der Waals surface area contributed by atoms with Crippen LogP contribution < -0.4 is 0 Å². The first-order valence-corrected chi connectivity index (χ1v) is 5.48. The van der Waals surface area contributed by atoms with Crippen molar-refractivity contribution in [2.75, 3.05) is 0 Å². The number of aryl methyl sites for hydroxylation is 2. The molecule has 0 unspecified atom stereocenters. The molecule has 4 nitrogen and oxygen atoms in total. The molecule has 1 aromatic carbocycles. The molecule has 0 saturated heterocycles. The van der Waals surface area contributed by atoms with E-state index in [9.17, 15) is 4.79 Å². The number of hydrogen-bond acceptors (Lipinski definition) is 2. The number of hydrogen-bond donors (Lipinski definition) is 1. The van der Waals surface area contributed by atoms with E-state index < -0.39 is 5.97 Å². The van der Waals surface area contributed by atoms with Crippen molar-refractivity contribution in [2.45, 2.75) is 20.4 Å². The van der Waals surface area contributed by atoms with E-state index in [0.717, 1.165) is 23.2 Å². The number of carboxylic acids is 1. The number of rotatable bonds is 3. The van der Waals surface area contributed by atoms with Crippen molar-refractivity contribution in [3.05, 3.63) is 41.7 Å². The maximum Gasteiger partial charge on any atom is 0.335 e. The molecule has 4 heteroatoms. The van der Waals surface area contributed by atoms with Gasteiger partial charge in [-0.15, -0.1) is 0 Å². The van der Waals surface area contributed by atoms with E-state index in [-0.39, 0.29) is 0 Å². The molecule has 0 atom stereocenters. The van der Waals surface area contributed by atoms with Gasteiger partial charge in [-0.25, -0.2) is 4.79 Å². The molecule has 1 aromatic heterocycles. The first kappa shape index (κ1) is 11.4. The highest BCUT2D eigenvalue weighted by molar-refractivity contribution is 5.89. The monoisotopic (exact) mass is 230 g/mol. The van der Waals surface area contributed by atoms with Gasteiger partial charge in [0.1, 0.15) is 0 Å². The average molecular weight is 230 g/mol. The van der Waals surface area contributed by atoms with Crippen LogP contribution in [0.2, 0.25) is 0 Å². The van der Waals surface area contributed by atoms with Gasteiger partial charge in [0, 0.05) is 18.3 Å². The van der Waals surface area contributed by atoms with Crippen LogP contribution in [0.15, 0.2) is 30.6 Å². The molecule has 0 fully saturated rings. The van der Waals surface area contributed by atoms with Gasteiger partial charge in [-0.05, 0) is 37.1 Å². The standard InChI is InChI=1S/C13H14N2O2/c1-3-15-8-11(7-14-15)12-5-4-10(13(16)17)6-9(12)2/h4-8H,3H2,1-2H3,(H,16,17). The fraction of sp³-hybridized carbons (Fsp3) is 0.231. The molecule has 0 saturated carbocycles. The topological polar surface area (TPSA) is 55.1 Å². The van der Waals surface area contributed by atoms with Crippen molar-refractivity contribution in [1.29, 1.82) is 0 Å². The second kappa shape index (κ2) is 4.41. The van der Waals surface area contributed by atoms with E-state index in [4.69, 9.17) is 5.11 Å². The number of carboxylic acid groups (broad SMARTS) is 1. The molecule has 0 aliphatic rings. The van der Waals surface area contributed by atoms with Crippen LogP contribution in [0.1, 0.15) is 22.8 Å². The summed E-state index contributed by atoms with van der Waals surface area (Å²) in [5, 5.41) is 13.1. The molecule has 2 aromatic rings. The third-order valence-corrected chi connectivity index (χ3v) is 2.74. The van der Waals surface area contributed by atoms with Crippen LogP contribution in [0.5, 0.6) is 0 Å². The van der Waals surface area contributed by atoms with E-state index in [1.165, 1.54) is 0 Å². The van der Waals surface area contributed by atoms with Gasteiger partial charge in [0.2, 0.25) is 0 Å². The number of benzene rings is 1. The summed E-state index contributed by atoms with van der Waals surface area (Å²) in [5.41, 5.74) is 3.30. The summed E-state index contributed by atoms with van der Waals surface area (Å²) in [5.74, 6) is -0.899. The molecule has 0 bridgehead atoms. The van der Waals surface area contributed by atoms with Gasteiger partial charge in [-0.2, -0.15) is 5.10 Å². The van der Waals surface area contributed by atoms with E-state index in [1.54, 1.807) is 18.3 Å². The van der Waals surface area contributed by atoms with Crippen LogP contribution in [0.3, 0.4) is 0 Å². The van der Waals surface area contributed by atoms with Crippen molar-refractivity contribution in [3.63, 3.8) is 0 Å². The smallest absolute Gasteiger partial charge is 0.335 e. The third kappa shape index (κ3) is 2.20. The molecule has 0 aliphatic heterocycles. The predicted molar refractivity (Wildman–Crippen MR) is 65.0 cm³/mol. The minimum absolute atomic E-state index is 0.314. The summed E-state index contributed by atoms with van der Waals surface area (Å²) >= 11 is 0. The molecule has 0 aliphatic carbocycles. The lowest BCUT2D eigenvalue weighted by molar-refractivity contribution is 0.0697. The SMILES string of the molecule is CCn1cc(-c2ccc(C(=O)O)cc2C)cn1. The van der Waals surface area contributed by atoms with Crippen molar-refractivity contribution < 1.29 is 9.90 Å². The van der Waals surface area contributed by atoms with Crippen molar-refractivity contribution in [3.8, 4) is 11.1 Å². The molecular weight excluding hydrogens is 216 g/mol. The highest BCUT2D eigenvalue weighted by Crippen LogP contribution is 2.23. The lowest BCUT2D eigenvalue weighted by atomic mass is 10.0. The lowest BCUT2D eigenvalue weighted by Crippen LogP contribution is -1.97. The maximum absolute atomic E-state index is 10.8. The zero-order chi connectivity index (χ0) is 12.4. The van der Waals surface area contributed by atoms with Crippen LogP contribution in [0, 0.1) is 6.92 Å². The van der Waals surface area contributed by atoms with Gasteiger partial charge in [-0.3, -0.25) is 4.68 Å². The largest absolute Gasteiger partial charge is 0.478 e. The van der Waals surface area contributed by atoms with Crippen LogP contribution >= 0.6 is 0 Å². The Labute approximate surface area is 99.5 Å². The zero-order valence-electron chi connectivity index (χ0n) is 9.84. The van der Waals surface area contributed by atoms with Crippen LogP contribution in [0.4, 0.5) is 0 Å². The Morgan fingerprint density at radius 3 is 2.76 bits per heavy atom. The van der Waals surface area contributed by atoms with Crippen LogP contribution in [-0.4, -0.2) is 20.9 Å².